The Kier molecular flexibility index (Phi) is 5.62. The van der Waals surface area contributed by atoms with Crippen molar-refractivity contribution < 1.29 is 22.7 Å². The van der Waals surface area contributed by atoms with Crippen LogP contribution < -0.4 is 0 Å². The van der Waals surface area contributed by atoms with Crippen LogP contribution in [0.25, 0.3) is 10.6 Å². The zero-order valence-corrected chi connectivity index (χ0v) is 15.1. The van der Waals surface area contributed by atoms with Gasteiger partial charge in [0.25, 0.3) is 5.91 Å². The number of ether oxygens (including phenoxy) is 1. The summed E-state index contributed by atoms with van der Waals surface area (Å²) in [5.41, 5.74) is 1.81. The van der Waals surface area contributed by atoms with Crippen LogP contribution in [0.5, 0.6) is 0 Å². The molecule has 26 heavy (non-hydrogen) atoms. The topological polar surface area (TPSA) is 42.4 Å². The first-order valence-electron chi connectivity index (χ1n) is 8.31. The van der Waals surface area contributed by atoms with Crippen LogP contribution in [-0.2, 0) is 4.74 Å². The average molecular weight is 384 g/mol. The van der Waals surface area contributed by atoms with Crippen molar-refractivity contribution >= 4 is 17.2 Å². The van der Waals surface area contributed by atoms with E-state index in [1.54, 1.807) is 24.3 Å². The Balaban J connectivity index is 1.88. The molecule has 0 spiro atoms. The minimum absolute atomic E-state index is 0.132. The fourth-order valence-corrected chi connectivity index (χ4v) is 3.76. The van der Waals surface area contributed by atoms with Crippen LogP contribution in [-0.4, -0.2) is 47.8 Å². The summed E-state index contributed by atoms with van der Waals surface area (Å²) in [6, 6.07) is 6.05. The molecule has 8 heteroatoms. The second-order valence-corrected chi connectivity index (χ2v) is 7.15. The van der Waals surface area contributed by atoms with E-state index in [2.05, 4.69) is 4.98 Å². The lowest BCUT2D eigenvalue weighted by atomic mass is 10.1. The fourth-order valence-electron chi connectivity index (χ4n) is 2.97. The van der Waals surface area contributed by atoms with Gasteiger partial charge in [-0.05, 0) is 31.9 Å². The lowest BCUT2D eigenvalue weighted by Crippen LogP contribution is -2.49. The van der Waals surface area contributed by atoms with Crippen molar-refractivity contribution in [2.45, 2.75) is 32.0 Å². The van der Waals surface area contributed by atoms with Crippen molar-refractivity contribution in [3.63, 3.8) is 0 Å². The van der Waals surface area contributed by atoms with Crippen molar-refractivity contribution in [3.8, 4) is 10.6 Å². The van der Waals surface area contributed by atoms with Gasteiger partial charge in [0.2, 0.25) is 0 Å². The maximum Gasteiger partial charge on any atom is 0.406 e. The highest BCUT2D eigenvalue weighted by atomic mass is 32.1. The minimum atomic E-state index is -4.46. The van der Waals surface area contributed by atoms with Gasteiger partial charge >= 0.3 is 6.18 Å². The molecule has 1 aromatic carbocycles. The Labute approximate surface area is 153 Å². The van der Waals surface area contributed by atoms with E-state index < -0.39 is 24.7 Å². The largest absolute Gasteiger partial charge is 0.406 e. The van der Waals surface area contributed by atoms with Gasteiger partial charge < -0.3 is 9.64 Å². The summed E-state index contributed by atoms with van der Waals surface area (Å²) in [4.78, 5) is 18.1. The number of halogens is 3. The number of rotatable bonds is 4. The van der Waals surface area contributed by atoms with Crippen LogP contribution in [0.2, 0.25) is 0 Å². The number of carbonyl (C=O) groups excluding carboxylic acids is 1. The van der Waals surface area contributed by atoms with Gasteiger partial charge in [-0.25, -0.2) is 4.98 Å². The van der Waals surface area contributed by atoms with E-state index >= 15 is 0 Å². The Morgan fingerprint density at radius 2 is 2.23 bits per heavy atom. The first-order valence-corrected chi connectivity index (χ1v) is 9.19. The molecule has 2 aromatic rings. The Morgan fingerprint density at radius 3 is 2.85 bits per heavy atom. The van der Waals surface area contributed by atoms with E-state index in [9.17, 15) is 18.0 Å². The first kappa shape index (κ1) is 18.8. The van der Waals surface area contributed by atoms with Gasteiger partial charge in [-0.15, -0.1) is 11.3 Å². The second-order valence-electron chi connectivity index (χ2n) is 6.29. The zero-order valence-electron chi connectivity index (χ0n) is 14.3. The molecule has 1 fully saturated rings. The van der Waals surface area contributed by atoms with Crippen LogP contribution in [0.4, 0.5) is 13.2 Å². The number of aryl methyl sites for hydroxylation is 1. The van der Waals surface area contributed by atoms with Crippen molar-refractivity contribution in [2.24, 2.45) is 0 Å². The maximum atomic E-state index is 13.0. The molecule has 0 saturated carbocycles. The quantitative estimate of drug-likeness (QED) is 0.789. The second kappa shape index (κ2) is 7.75. The number of amides is 1. The van der Waals surface area contributed by atoms with E-state index in [1.807, 2.05) is 12.3 Å². The molecule has 1 aliphatic rings. The molecular formula is C18H19F3N2O2S. The molecule has 1 aliphatic heterocycles. The standard InChI is InChI=1S/C18H19F3N2O2S/c1-12-10-26-16(22-12)13-4-2-5-14(8-13)17(24)23(11-18(19,20)21)15-6-3-7-25-9-15/h2,4-5,8,10,15H,3,6-7,9,11H2,1H3. The van der Waals surface area contributed by atoms with Crippen molar-refractivity contribution in [2.75, 3.05) is 19.8 Å². The summed E-state index contributed by atoms with van der Waals surface area (Å²) in [5.74, 6) is -0.632. The predicted octanol–water partition coefficient (Wildman–Crippen LogP) is 4.30. The van der Waals surface area contributed by atoms with Crippen LogP contribution in [0.3, 0.4) is 0 Å². The van der Waals surface area contributed by atoms with Crippen LogP contribution >= 0.6 is 11.3 Å². The number of hydrogen-bond acceptors (Lipinski definition) is 4. The molecule has 3 rings (SSSR count). The molecule has 0 radical (unpaired) electrons. The number of alkyl halides is 3. The predicted molar refractivity (Wildman–Crippen MR) is 93.2 cm³/mol. The van der Waals surface area contributed by atoms with Crippen molar-refractivity contribution in [3.05, 3.63) is 40.9 Å². The Bertz CT molecular complexity index is 770. The zero-order chi connectivity index (χ0) is 18.7. The molecular weight excluding hydrogens is 365 g/mol. The first-order chi connectivity index (χ1) is 12.3. The monoisotopic (exact) mass is 384 g/mol. The molecule has 1 aromatic heterocycles. The summed E-state index contributed by atoms with van der Waals surface area (Å²) in [7, 11) is 0. The van der Waals surface area contributed by atoms with Gasteiger partial charge in [0.05, 0.1) is 12.6 Å². The van der Waals surface area contributed by atoms with Crippen molar-refractivity contribution in [1.29, 1.82) is 0 Å². The van der Waals surface area contributed by atoms with Gasteiger partial charge in [-0.1, -0.05) is 12.1 Å². The molecule has 0 N–H and O–H groups in total. The summed E-state index contributed by atoms with van der Waals surface area (Å²) in [6.07, 6.45) is -3.31. The third-order valence-corrected chi connectivity index (χ3v) is 5.17. The Hall–Kier alpha value is -1.93. The highest BCUT2D eigenvalue weighted by molar-refractivity contribution is 7.13. The molecule has 4 nitrogen and oxygen atoms in total. The van der Waals surface area contributed by atoms with Crippen LogP contribution in [0.15, 0.2) is 29.6 Å². The summed E-state index contributed by atoms with van der Waals surface area (Å²) < 4.78 is 44.4. The summed E-state index contributed by atoms with van der Waals surface area (Å²) >= 11 is 1.43. The number of aromatic nitrogens is 1. The van der Waals surface area contributed by atoms with Gasteiger partial charge in [-0.2, -0.15) is 13.2 Å². The number of carbonyl (C=O) groups is 1. The normalized spacial score (nSPS) is 17.9. The molecule has 1 amide bonds. The molecule has 1 saturated heterocycles. The molecule has 140 valence electrons. The van der Waals surface area contributed by atoms with E-state index in [-0.39, 0.29) is 12.2 Å². The highest BCUT2D eigenvalue weighted by Crippen LogP contribution is 2.27. The summed E-state index contributed by atoms with van der Waals surface area (Å²) in [5, 5.41) is 2.62. The lowest BCUT2D eigenvalue weighted by molar-refractivity contribution is -0.148. The molecule has 1 unspecified atom stereocenters. The highest BCUT2D eigenvalue weighted by Gasteiger charge is 2.37. The van der Waals surface area contributed by atoms with E-state index in [0.29, 0.717) is 19.4 Å². The average Bonchev–Trinajstić information content (AvgIpc) is 3.06. The molecule has 2 heterocycles. The summed E-state index contributed by atoms with van der Waals surface area (Å²) in [6.45, 7) is 1.24. The smallest absolute Gasteiger partial charge is 0.379 e. The molecule has 0 aliphatic carbocycles. The van der Waals surface area contributed by atoms with E-state index in [1.165, 1.54) is 11.3 Å². The van der Waals surface area contributed by atoms with E-state index in [0.717, 1.165) is 21.2 Å². The number of thiazole rings is 1. The number of nitrogens with zero attached hydrogens (tertiary/aromatic N) is 2. The maximum absolute atomic E-state index is 13.0. The molecule has 1 atom stereocenters. The van der Waals surface area contributed by atoms with Gasteiger partial charge in [-0.3, -0.25) is 4.79 Å². The SMILES string of the molecule is Cc1csc(-c2cccc(C(=O)N(CC(F)(F)F)C3CCCOC3)c2)n1. The van der Waals surface area contributed by atoms with Gasteiger partial charge in [0.1, 0.15) is 11.6 Å². The van der Waals surface area contributed by atoms with Gasteiger partial charge in [0.15, 0.2) is 0 Å². The molecule has 0 bridgehead atoms. The number of benzene rings is 1. The van der Waals surface area contributed by atoms with Crippen LogP contribution in [0, 0.1) is 6.92 Å². The third kappa shape index (κ3) is 4.62. The number of hydrogen-bond donors (Lipinski definition) is 0. The van der Waals surface area contributed by atoms with Gasteiger partial charge in [0, 0.05) is 28.8 Å². The van der Waals surface area contributed by atoms with E-state index in [4.69, 9.17) is 4.74 Å². The van der Waals surface area contributed by atoms with Crippen molar-refractivity contribution in [1.82, 2.24) is 9.88 Å². The minimum Gasteiger partial charge on any atom is -0.379 e. The fraction of sp³-hybridized carbons (Fsp3) is 0.444. The third-order valence-electron chi connectivity index (χ3n) is 4.16. The Morgan fingerprint density at radius 1 is 1.42 bits per heavy atom. The van der Waals surface area contributed by atoms with Crippen LogP contribution in [0.1, 0.15) is 28.9 Å². The lowest BCUT2D eigenvalue weighted by Gasteiger charge is -2.34.